The number of fused-ring (bicyclic) bond motifs is 1. The van der Waals surface area contributed by atoms with Crippen LogP contribution in [0.3, 0.4) is 0 Å². The maximum Gasteiger partial charge on any atom is 0.417 e. The third-order valence-corrected chi connectivity index (χ3v) is 9.56. The molecule has 20 nitrogen and oxygen atoms in total. The first-order chi connectivity index (χ1) is 31.1. The van der Waals surface area contributed by atoms with Gasteiger partial charge in [-0.05, 0) is 103 Å². The fraction of sp³-hybridized carbons (Fsp3) is 0.111. The van der Waals surface area contributed by atoms with Crippen molar-refractivity contribution in [2.24, 2.45) is 0 Å². The van der Waals surface area contributed by atoms with Crippen molar-refractivity contribution in [2.45, 2.75) is 19.4 Å². The second-order valence-corrected chi connectivity index (χ2v) is 13.9. The highest BCUT2D eigenvalue weighted by Crippen LogP contribution is 2.40. The average molecular weight is 884 g/mol. The molecule has 0 radical (unpaired) electrons. The van der Waals surface area contributed by atoms with Gasteiger partial charge in [0.1, 0.15) is 11.6 Å². The second kappa shape index (κ2) is 19.6. The third kappa shape index (κ3) is 10.4. The van der Waals surface area contributed by atoms with E-state index >= 15 is 0 Å². The number of carbonyl (C=O) groups excluding carboxylic acids is 5. The van der Waals surface area contributed by atoms with Gasteiger partial charge in [0.05, 0.1) is 49.2 Å². The quantitative estimate of drug-likeness (QED) is 0.0580. The number of ether oxygens (including phenoxy) is 2. The lowest BCUT2D eigenvalue weighted by atomic mass is 10.1. The van der Waals surface area contributed by atoms with Crippen LogP contribution in [-0.4, -0.2) is 76.1 Å². The Labute approximate surface area is 367 Å². The number of phenolic OH excluding ortho intramolecular Hbond substituents is 1. The van der Waals surface area contributed by atoms with E-state index in [1.165, 1.54) is 73.8 Å². The number of nitrogens with zero attached hydrogens (tertiary/aromatic N) is 1. The Hall–Kier alpha value is -9.38. The number of aromatic hydroxyl groups is 2. The molecule has 0 aliphatic carbocycles. The minimum absolute atomic E-state index is 0.0245. The number of aromatic nitrogens is 1. The predicted molar refractivity (Wildman–Crippen MR) is 234 cm³/mol. The van der Waals surface area contributed by atoms with Crippen LogP contribution in [0, 0.1) is 11.3 Å². The molecule has 0 unspecified atom stereocenters. The first kappa shape index (κ1) is 45.2. The van der Waals surface area contributed by atoms with Crippen LogP contribution < -0.4 is 41.8 Å². The molecule has 6 rings (SSSR count). The van der Waals surface area contributed by atoms with Gasteiger partial charge in [0.25, 0.3) is 23.6 Å². The van der Waals surface area contributed by atoms with Crippen molar-refractivity contribution in [1.29, 1.82) is 5.26 Å². The Balaban J connectivity index is 1.04. The van der Waals surface area contributed by atoms with E-state index in [0.29, 0.717) is 27.9 Å². The number of hydrogen-bond donors (Lipinski definition) is 9. The monoisotopic (exact) mass is 883 g/mol. The lowest BCUT2D eigenvalue weighted by Gasteiger charge is -2.17. The van der Waals surface area contributed by atoms with E-state index < -0.39 is 64.4 Å². The van der Waals surface area contributed by atoms with Crippen molar-refractivity contribution in [1.82, 2.24) is 10.3 Å². The van der Waals surface area contributed by atoms with Crippen molar-refractivity contribution < 1.29 is 58.0 Å². The fourth-order valence-corrected chi connectivity index (χ4v) is 6.28. The van der Waals surface area contributed by atoms with Gasteiger partial charge in [0.2, 0.25) is 5.91 Å². The molecular weight excluding hydrogens is 847 g/mol. The van der Waals surface area contributed by atoms with Crippen molar-refractivity contribution in [3.63, 3.8) is 0 Å². The van der Waals surface area contributed by atoms with Crippen molar-refractivity contribution in [2.75, 3.05) is 35.5 Å². The largest absolute Gasteiger partial charge is 0.504 e. The zero-order valence-electron chi connectivity index (χ0n) is 34.4. The van der Waals surface area contributed by atoms with Gasteiger partial charge >= 0.3 is 11.7 Å². The smallest absolute Gasteiger partial charge is 0.417 e. The Morgan fingerprint density at radius 2 is 1.29 bits per heavy atom. The van der Waals surface area contributed by atoms with Crippen LogP contribution in [0.2, 0.25) is 0 Å². The predicted octanol–water partition coefficient (Wildman–Crippen LogP) is 5.45. The molecule has 0 saturated heterocycles. The molecule has 0 saturated carbocycles. The topological polar surface area (TPSA) is 312 Å². The molecule has 0 aliphatic rings. The zero-order valence-corrected chi connectivity index (χ0v) is 34.4. The van der Waals surface area contributed by atoms with Crippen molar-refractivity contribution >= 4 is 75.4 Å². The zero-order chi connectivity index (χ0) is 46.9. The first-order valence-corrected chi connectivity index (χ1v) is 19.1. The van der Waals surface area contributed by atoms with Gasteiger partial charge in [-0.2, -0.15) is 5.26 Å². The molecule has 65 heavy (non-hydrogen) atoms. The molecule has 330 valence electrons. The van der Waals surface area contributed by atoms with Crippen LogP contribution in [0.1, 0.15) is 60.3 Å². The van der Waals surface area contributed by atoms with E-state index in [-0.39, 0.29) is 51.7 Å². The normalized spacial score (nSPS) is 11.4. The van der Waals surface area contributed by atoms with Crippen LogP contribution >= 0.6 is 0 Å². The summed E-state index contributed by atoms with van der Waals surface area (Å²) in [4.78, 5) is 90.9. The molecule has 6 aromatic rings. The first-order valence-electron chi connectivity index (χ1n) is 19.1. The third-order valence-electron chi connectivity index (χ3n) is 9.56. The summed E-state index contributed by atoms with van der Waals surface area (Å²) in [6.07, 6.45) is 1.24. The number of carboxylic acids is 1. The molecular formula is C45H37N7O13. The van der Waals surface area contributed by atoms with Crippen LogP contribution in [0.4, 0.5) is 22.7 Å². The molecule has 1 aromatic heterocycles. The number of nitriles is 1. The highest BCUT2D eigenvalue weighted by Gasteiger charge is 2.25. The molecule has 0 spiro atoms. The molecule has 1 heterocycles. The summed E-state index contributed by atoms with van der Waals surface area (Å²) in [6.45, 7) is 1.61. The van der Waals surface area contributed by atoms with Crippen LogP contribution in [0.25, 0.3) is 17.2 Å². The number of anilines is 4. The maximum absolute atomic E-state index is 13.2. The van der Waals surface area contributed by atoms with Crippen molar-refractivity contribution in [3.8, 4) is 29.1 Å². The van der Waals surface area contributed by atoms with E-state index in [1.807, 2.05) is 6.07 Å². The van der Waals surface area contributed by atoms with E-state index in [0.717, 1.165) is 13.2 Å². The number of H-pyrrole nitrogens is 1. The standard InChI is InChI=1S/C45H37N7O13/c1-22(20-23-4-17-34-33(21-23)52-45(62)65-34)39(55)47-26-9-5-25(6-10-26)41(57)51-32(18-19-46)43(59)48-27-11-7-24(8-12-27)40(56)49-30-15-13-28(35(53)37(30)63-2)42(58)50-31-16-14-29(44(60)61)36(54)38(31)64-3/h4-17,20-21,32,53-54H,18H2,1-3H3,(H,47,55)(H,48,59)(H,49,56)(H,50,58)(H,51,57)(H,52,62)(H,60,61)/b22-20+/t32-/m0/s1. The number of methoxy groups -OCH3 is 2. The number of aromatic amines is 1. The fourth-order valence-electron chi connectivity index (χ4n) is 6.28. The van der Waals surface area contributed by atoms with Gasteiger partial charge in [-0.15, -0.1) is 0 Å². The summed E-state index contributed by atoms with van der Waals surface area (Å²) >= 11 is 0. The average Bonchev–Trinajstić information content (AvgIpc) is 3.65. The molecule has 1 atom stereocenters. The number of oxazole rings is 1. The number of nitrogens with one attached hydrogen (secondary N) is 6. The van der Waals surface area contributed by atoms with Gasteiger partial charge in [0.15, 0.2) is 28.6 Å². The molecule has 9 N–H and O–H groups in total. The molecule has 5 aromatic carbocycles. The SMILES string of the molecule is COc1c(NC(=O)c2ccc(NC(=O)c3ccc(NC(=O)[C@H](CC#N)NC(=O)c4ccc(NC(=O)/C(C)=C/c5ccc6oc(=O)[nH]c6c5)cc4)cc3)c(OC)c2O)ccc(C(=O)O)c1O. The Bertz CT molecular complexity index is 3000. The summed E-state index contributed by atoms with van der Waals surface area (Å²) < 4.78 is 15.3. The molecule has 0 bridgehead atoms. The number of amides is 5. The maximum atomic E-state index is 13.2. The number of carboxylic acid groups (broad SMARTS) is 1. The van der Waals surface area contributed by atoms with E-state index in [2.05, 4.69) is 31.6 Å². The minimum atomic E-state index is -1.43. The number of aromatic carboxylic acids is 1. The summed E-state index contributed by atoms with van der Waals surface area (Å²) in [5.41, 5.74) is 1.80. The molecule has 0 aliphatic heterocycles. The lowest BCUT2D eigenvalue weighted by molar-refractivity contribution is -0.118. The summed E-state index contributed by atoms with van der Waals surface area (Å²) in [5, 5.41) is 52.7. The van der Waals surface area contributed by atoms with Gasteiger partial charge in [0, 0.05) is 28.1 Å². The van der Waals surface area contributed by atoms with Gasteiger partial charge < -0.3 is 55.8 Å². The Morgan fingerprint density at radius 3 is 1.88 bits per heavy atom. The number of carbonyl (C=O) groups is 6. The lowest BCUT2D eigenvalue weighted by Crippen LogP contribution is -2.43. The Morgan fingerprint density at radius 1 is 0.738 bits per heavy atom. The minimum Gasteiger partial charge on any atom is -0.504 e. The van der Waals surface area contributed by atoms with E-state index in [1.54, 1.807) is 31.2 Å². The molecule has 5 amide bonds. The molecule has 0 fully saturated rings. The van der Waals surface area contributed by atoms with E-state index in [9.17, 15) is 54.1 Å². The summed E-state index contributed by atoms with van der Waals surface area (Å²) in [6, 6.07) is 21.6. The number of rotatable bonds is 15. The summed E-state index contributed by atoms with van der Waals surface area (Å²) in [7, 11) is 2.35. The van der Waals surface area contributed by atoms with E-state index in [4.69, 9.17) is 13.9 Å². The van der Waals surface area contributed by atoms with Crippen LogP contribution in [0.5, 0.6) is 23.0 Å². The van der Waals surface area contributed by atoms with Crippen LogP contribution in [0.15, 0.2) is 106 Å². The number of hydrogen-bond acceptors (Lipinski definition) is 13. The van der Waals surface area contributed by atoms with Gasteiger partial charge in [-0.1, -0.05) is 6.07 Å². The number of benzene rings is 5. The Kier molecular flexibility index (Phi) is 13.6. The number of phenols is 2. The van der Waals surface area contributed by atoms with Gasteiger partial charge in [-0.3, -0.25) is 29.0 Å². The highest BCUT2D eigenvalue weighted by atomic mass is 16.5. The second-order valence-electron chi connectivity index (χ2n) is 13.9. The highest BCUT2D eigenvalue weighted by molar-refractivity contribution is 6.11. The van der Waals surface area contributed by atoms with Crippen LogP contribution in [-0.2, 0) is 9.59 Å². The summed E-state index contributed by atoms with van der Waals surface area (Å²) in [5.74, 6) is -7.40. The van der Waals surface area contributed by atoms with Crippen molar-refractivity contribution in [3.05, 3.63) is 135 Å². The van der Waals surface area contributed by atoms with Gasteiger partial charge in [-0.25, -0.2) is 9.59 Å². The molecule has 20 heteroatoms.